The fourth-order valence-electron chi connectivity index (χ4n) is 1.15. The molecule has 6 heteroatoms. The second-order valence-electron chi connectivity index (χ2n) is 3.07. The van der Waals surface area contributed by atoms with Crippen LogP contribution in [0.15, 0.2) is 0 Å². The van der Waals surface area contributed by atoms with Crippen LogP contribution in [0.5, 0.6) is 0 Å². The lowest BCUT2D eigenvalue weighted by Gasteiger charge is -2.33. The highest BCUT2D eigenvalue weighted by Crippen LogP contribution is 2.42. The molecule has 74 valence electrons. The van der Waals surface area contributed by atoms with E-state index in [-0.39, 0.29) is 0 Å². The second kappa shape index (κ2) is 3.27. The molecule has 1 aliphatic carbocycles. The number of hydrogen-bond donors (Lipinski definition) is 2. The fourth-order valence-corrected chi connectivity index (χ4v) is 1.15. The molecule has 0 bridgehead atoms. The molecule has 13 heavy (non-hydrogen) atoms. The summed E-state index contributed by atoms with van der Waals surface area (Å²) in [6.45, 7) is -0.513. The molecular formula is C7H9F2NO3. The highest BCUT2D eigenvalue weighted by molar-refractivity contribution is 5.83. The van der Waals surface area contributed by atoms with Crippen LogP contribution in [0, 0.1) is 5.92 Å². The molecule has 0 saturated heterocycles. The Hall–Kier alpha value is -1.20. The first-order valence-electron chi connectivity index (χ1n) is 3.78. The van der Waals surface area contributed by atoms with E-state index in [0.29, 0.717) is 0 Å². The number of hydrogen-bond acceptors (Lipinski definition) is 2. The first-order valence-corrected chi connectivity index (χ1v) is 3.78. The van der Waals surface area contributed by atoms with Crippen molar-refractivity contribution in [2.75, 3.05) is 6.54 Å². The molecule has 1 amide bonds. The number of amides is 1. The molecule has 0 aromatic carbocycles. The van der Waals surface area contributed by atoms with Gasteiger partial charge in [-0.15, -0.1) is 0 Å². The summed E-state index contributed by atoms with van der Waals surface area (Å²) in [5.74, 6) is -5.26. The van der Waals surface area contributed by atoms with Crippen LogP contribution in [0.2, 0.25) is 0 Å². The second-order valence-corrected chi connectivity index (χ2v) is 3.07. The van der Waals surface area contributed by atoms with E-state index >= 15 is 0 Å². The van der Waals surface area contributed by atoms with Crippen LogP contribution in [-0.4, -0.2) is 29.5 Å². The Morgan fingerprint density at radius 2 is 2.00 bits per heavy atom. The summed E-state index contributed by atoms with van der Waals surface area (Å²) in [6.07, 6.45) is -0.948. The molecule has 0 aliphatic heterocycles. The standard InChI is InChI=1S/C7H9F2NO3/c8-7(9)1-4(2-7)6(13)10-3-5(11)12/h4H,1-3H2,(H,10,13)(H,11,12). The van der Waals surface area contributed by atoms with Gasteiger partial charge in [0.2, 0.25) is 11.8 Å². The van der Waals surface area contributed by atoms with Crippen LogP contribution in [0.1, 0.15) is 12.8 Å². The number of rotatable bonds is 3. The van der Waals surface area contributed by atoms with E-state index in [4.69, 9.17) is 5.11 Å². The largest absolute Gasteiger partial charge is 0.480 e. The third kappa shape index (κ3) is 2.64. The molecule has 4 nitrogen and oxygen atoms in total. The van der Waals surface area contributed by atoms with Crippen molar-refractivity contribution in [3.63, 3.8) is 0 Å². The van der Waals surface area contributed by atoms with Gasteiger partial charge in [-0.3, -0.25) is 9.59 Å². The maximum absolute atomic E-state index is 12.3. The Labute approximate surface area is 72.9 Å². The average Bonchev–Trinajstić information content (AvgIpc) is 1.95. The number of carbonyl (C=O) groups excluding carboxylic acids is 1. The van der Waals surface area contributed by atoms with Gasteiger partial charge < -0.3 is 10.4 Å². The summed E-state index contributed by atoms with van der Waals surface area (Å²) in [7, 11) is 0. The van der Waals surface area contributed by atoms with E-state index in [1.807, 2.05) is 0 Å². The van der Waals surface area contributed by atoms with Crippen molar-refractivity contribution in [1.82, 2.24) is 5.32 Å². The summed E-state index contributed by atoms with van der Waals surface area (Å²) in [5.41, 5.74) is 0. The van der Waals surface area contributed by atoms with E-state index in [0.717, 1.165) is 0 Å². The first kappa shape index (κ1) is 9.88. The summed E-state index contributed by atoms with van der Waals surface area (Å²) in [5, 5.41) is 10.2. The average molecular weight is 193 g/mol. The first-order chi connectivity index (χ1) is 5.91. The third-order valence-corrected chi connectivity index (χ3v) is 1.87. The van der Waals surface area contributed by atoms with E-state index in [2.05, 4.69) is 5.32 Å². The number of aliphatic carboxylic acids is 1. The van der Waals surface area contributed by atoms with E-state index in [1.54, 1.807) is 0 Å². The van der Waals surface area contributed by atoms with Crippen molar-refractivity contribution in [2.24, 2.45) is 5.92 Å². The lowest BCUT2D eigenvalue weighted by molar-refractivity contribution is -0.151. The summed E-state index contributed by atoms with van der Waals surface area (Å²) >= 11 is 0. The molecular weight excluding hydrogens is 184 g/mol. The molecule has 0 atom stereocenters. The zero-order valence-electron chi connectivity index (χ0n) is 6.72. The van der Waals surface area contributed by atoms with Crippen LogP contribution in [-0.2, 0) is 9.59 Å². The number of carbonyl (C=O) groups is 2. The summed E-state index contributed by atoms with van der Waals surface area (Å²) < 4.78 is 24.5. The predicted molar refractivity (Wildman–Crippen MR) is 38.3 cm³/mol. The molecule has 1 rings (SSSR count). The highest BCUT2D eigenvalue weighted by atomic mass is 19.3. The van der Waals surface area contributed by atoms with Gasteiger partial charge in [-0.2, -0.15) is 0 Å². The van der Waals surface area contributed by atoms with Crippen LogP contribution in [0.3, 0.4) is 0 Å². The zero-order chi connectivity index (χ0) is 10.1. The van der Waals surface area contributed by atoms with Gasteiger partial charge in [-0.05, 0) is 0 Å². The monoisotopic (exact) mass is 193 g/mol. The molecule has 0 heterocycles. The zero-order valence-corrected chi connectivity index (χ0v) is 6.72. The molecule has 0 spiro atoms. The minimum Gasteiger partial charge on any atom is -0.480 e. The van der Waals surface area contributed by atoms with Crippen molar-refractivity contribution < 1.29 is 23.5 Å². The molecule has 0 unspecified atom stereocenters. The predicted octanol–water partition coefficient (Wildman–Crippen LogP) is 0.232. The molecule has 0 radical (unpaired) electrons. The van der Waals surface area contributed by atoms with Gasteiger partial charge in [0.15, 0.2) is 0 Å². The fraction of sp³-hybridized carbons (Fsp3) is 0.714. The Balaban J connectivity index is 2.23. The summed E-state index contributed by atoms with van der Waals surface area (Å²) in [6, 6.07) is 0. The van der Waals surface area contributed by atoms with Gasteiger partial charge in [0.1, 0.15) is 6.54 Å². The number of alkyl halides is 2. The number of halogens is 2. The van der Waals surface area contributed by atoms with Gasteiger partial charge in [0.05, 0.1) is 0 Å². The molecule has 0 aromatic heterocycles. The SMILES string of the molecule is O=C(O)CNC(=O)C1CC(F)(F)C1. The maximum Gasteiger partial charge on any atom is 0.322 e. The minimum absolute atomic E-state index is 0.474. The lowest BCUT2D eigenvalue weighted by atomic mass is 9.81. The maximum atomic E-state index is 12.3. The summed E-state index contributed by atoms with van der Waals surface area (Å²) in [4.78, 5) is 20.9. The van der Waals surface area contributed by atoms with E-state index in [1.165, 1.54) is 0 Å². The lowest BCUT2D eigenvalue weighted by Crippen LogP contribution is -2.46. The van der Waals surface area contributed by atoms with Crippen LogP contribution < -0.4 is 5.32 Å². The molecule has 2 N–H and O–H groups in total. The van der Waals surface area contributed by atoms with Crippen molar-refractivity contribution in [3.8, 4) is 0 Å². The molecule has 1 fully saturated rings. The molecule has 0 aromatic rings. The van der Waals surface area contributed by atoms with Crippen LogP contribution in [0.25, 0.3) is 0 Å². The Bertz CT molecular complexity index is 234. The topological polar surface area (TPSA) is 66.4 Å². The number of carboxylic acids is 1. The van der Waals surface area contributed by atoms with Gasteiger partial charge in [-0.1, -0.05) is 0 Å². The van der Waals surface area contributed by atoms with E-state index in [9.17, 15) is 18.4 Å². The molecule has 1 saturated carbocycles. The van der Waals surface area contributed by atoms with Gasteiger partial charge in [-0.25, -0.2) is 8.78 Å². The van der Waals surface area contributed by atoms with Crippen molar-refractivity contribution in [3.05, 3.63) is 0 Å². The van der Waals surface area contributed by atoms with Gasteiger partial charge in [0.25, 0.3) is 0 Å². The smallest absolute Gasteiger partial charge is 0.322 e. The third-order valence-electron chi connectivity index (χ3n) is 1.87. The quantitative estimate of drug-likeness (QED) is 0.674. The van der Waals surface area contributed by atoms with Crippen molar-refractivity contribution in [2.45, 2.75) is 18.8 Å². The van der Waals surface area contributed by atoms with Crippen LogP contribution >= 0.6 is 0 Å². The Kier molecular flexibility index (Phi) is 2.49. The minimum atomic E-state index is -2.74. The number of carboxylic acid groups (broad SMARTS) is 1. The normalized spacial score (nSPS) is 20.5. The van der Waals surface area contributed by atoms with Crippen molar-refractivity contribution >= 4 is 11.9 Å². The van der Waals surface area contributed by atoms with E-state index < -0.39 is 43.1 Å². The van der Waals surface area contributed by atoms with Crippen LogP contribution in [0.4, 0.5) is 8.78 Å². The Morgan fingerprint density at radius 1 is 1.46 bits per heavy atom. The van der Waals surface area contributed by atoms with Gasteiger partial charge in [0, 0.05) is 18.8 Å². The molecule has 1 aliphatic rings. The van der Waals surface area contributed by atoms with Crippen molar-refractivity contribution in [1.29, 1.82) is 0 Å². The number of nitrogens with one attached hydrogen (secondary N) is 1. The highest BCUT2D eigenvalue weighted by Gasteiger charge is 2.48. The Morgan fingerprint density at radius 3 is 2.38 bits per heavy atom. The van der Waals surface area contributed by atoms with Gasteiger partial charge >= 0.3 is 5.97 Å².